The van der Waals surface area contributed by atoms with Crippen LogP contribution in [0.25, 0.3) is 0 Å². The predicted octanol–water partition coefficient (Wildman–Crippen LogP) is 12.0. The maximum absolute atomic E-state index is 14.1. The minimum atomic E-state index is -0.830. The Hall–Kier alpha value is -6.65. The molecule has 0 aliphatic carbocycles. The first-order valence-corrected chi connectivity index (χ1v) is 28.3. The summed E-state index contributed by atoms with van der Waals surface area (Å²) >= 11 is 0. The standard InChI is InChI=1S/C56H64N6O8S2.C3H8/c1-8-40(9-2)59-53(64)19-14-20-71-72-56(3,4)55(66)60-41-22-35(33-69-51-28-45(39(32-63)26-49(51)67-6)57-30-42-24-37-15-10-12-17-47(37)61(42)5)21-36(23-41)34-70-52-29-46-44(27-50(52)68-7)54(65)62-43(31-58-46)25-38-16-11-13-18-48(38)62;1-3-2/h10-13,15-18,21-23,26-29,31-32,40,42-43,57H,8-9,14,19-20,24-25,30,33-34H2,1-7H3,(H,59,64)(H,60,66);3H2,1-2H3/t42?,43-;/m0./s1. The number of nitrogens with one attached hydrogen (secondary N) is 3. The van der Waals surface area contributed by atoms with Crippen molar-refractivity contribution in [3.05, 3.63) is 124 Å². The number of nitrogens with zero attached hydrogens (tertiary/aromatic N) is 3. The number of amides is 3. The number of rotatable bonds is 23. The smallest absolute Gasteiger partial charge is 0.261 e. The van der Waals surface area contributed by atoms with Gasteiger partial charge in [-0.2, -0.15) is 0 Å². The highest BCUT2D eigenvalue weighted by molar-refractivity contribution is 8.77. The molecule has 3 aliphatic rings. The maximum Gasteiger partial charge on any atom is 0.261 e. The van der Waals surface area contributed by atoms with Gasteiger partial charge < -0.3 is 39.8 Å². The number of carbonyl (C=O) groups excluding carboxylic acids is 4. The van der Waals surface area contributed by atoms with E-state index in [0.29, 0.717) is 82.7 Å². The number of hydrogen-bond acceptors (Lipinski definition) is 13. The van der Waals surface area contributed by atoms with Crippen LogP contribution in [-0.4, -0.2) is 86.7 Å². The molecule has 0 aromatic heterocycles. The lowest BCUT2D eigenvalue weighted by Crippen LogP contribution is -2.37. The van der Waals surface area contributed by atoms with E-state index in [4.69, 9.17) is 23.9 Å². The second-order valence-electron chi connectivity index (χ2n) is 19.4. The van der Waals surface area contributed by atoms with Crippen LogP contribution in [0, 0.1) is 0 Å². The van der Waals surface area contributed by atoms with Crippen LogP contribution < -0.4 is 44.7 Å². The Morgan fingerprint density at radius 3 is 2.09 bits per heavy atom. The van der Waals surface area contributed by atoms with E-state index in [-0.39, 0.29) is 49.1 Å². The first-order valence-electron chi connectivity index (χ1n) is 25.9. The highest BCUT2D eigenvalue weighted by atomic mass is 33.1. The second kappa shape index (κ2) is 26.2. The second-order valence-corrected chi connectivity index (χ2v) is 22.5. The molecule has 5 aromatic rings. The van der Waals surface area contributed by atoms with Gasteiger partial charge in [0.2, 0.25) is 11.8 Å². The van der Waals surface area contributed by atoms with Crippen molar-refractivity contribution in [3.8, 4) is 23.0 Å². The number of carbonyl (C=O) groups is 4. The predicted molar refractivity (Wildman–Crippen MR) is 307 cm³/mol. The minimum absolute atomic E-state index is 0.0541. The van der Waals surface area contributed by atoms with Gasteiger partial charge >= 0.3 is 0 Å². The van der Waals surface area contributed by atoms with Crippen molar-refractivity contribution >= 4 is 80.2 Å². The molecule has 0 radical (unpaired) electrons. The molecule has 3 N–H and O–H groups in total. The van der Waals surface area contributed by atoms with Gasteiger partial charge in [0.05, 0.1) is 42.3 Å². The number of aliphatic imine (C=N–C) groups is 1. The van der Waals surface area contributed by atoms with Crippen LogP contribution >= 0.6 is 21.6 Å². The van der Waals surface area contributed by atoms with Crippen molar-refractivity contribution < 1.29 is 38.1 Å². The zero-order valence-electron chi connectivity index (χ0n) is 44.7. The molecule has 398 valence electrons. The molecule has 16 heteroatoms. The van der Waals surface area contributed by atoms with E-state index < -0.39 is 4.75 Å². The summed E-state index contributed by atoms with van der Waals surface area (Å²) in [6.45, 7) is 12.9. The van der Waals surface area contributed by atoms with Gasteiger partial charge in [-0.3, -0.25) is 29.1 Å². The number of likely N-dealkylation sites (N-methyl/N-ethyl adjacent to an activating group) is 1. The lowest BCUT2D eigenvalue weighted by atomic mass is 10.1. The Kier molecular flexibility index (Phi) is 19.6. The van der Waals surface area contributed by atoms with Crippen LogP contribution in [-0.2, 0) is 35.6 Å². The summed E-state index contributed by atoms with van der Waals surface area (Å²) in [5, 5.41) is 9.73. The van der Waals surface area contributed by atoms with Gasteiger partial charge in [-0.05, 0) is 104 Å². The third-order valence-corrected chi connectivity index (χ3v) is 16.7. The van der Waals surface area contributed by atoms with Crippen LogP contribution in [0.1, 0.15) is 117 Å². The van der Waals surface area contributed by atoms with E-state index in [1.165, 1.54) is 42.7 Å². The molecular weight excluding hydrogens is 985 g/mol. The molecule has 0 fully saturated rings. The normalized spacial score (nSPS) is 15.1. The first-order chi connectivity index (χ1) is 36.2. The zero-order valence-corrected chi connectivity index (χ0v) is 46.4. The fourth-order valence-electron chi connectivity index (χ4n) is 9.26. The van der Waals surface area contributed by atoms with E-state index in [2.05, 4.69) is 73.8 Å². The van der Waals surface area contributed by atoms with Crippen molar-refractivity contribution in [2.45, 2.75) is 123 Å². The number of benzene rings is 5. The highest BCUT2D eigenvalue weighted by Gasteiger charge is 2.37. The summed E-state index contributed by atoms with van der Waals surface area (Å²) in [5.41, 5.74) is 8.38. The molecule has 3 amide bonds. The number of methoxy groups -OCH3 is 2. The molecule has 3 aliphatic heterocycles. The van der Waals surface area contributed by atoms with Gasteiger partial charge in [0.25, 0.3) is 5.91 Å². The van der Waals surface area contributed by atoms with Crippen molar-refractivity contribution in [1.82, 2.24) is 5.32 Å². The van der Waals surface area contributed by atoms with E-state index >= 15 is 0 Å². The largest absolute Gasteiger partial charge is 0.493 e. The number of hydrogen-bond donors (Lipinski definition) is 3. The molecule has 0 saturated heterocycles. The molecule has 8 rings (SSSR count). The van der Waals surface area contributed by atoms with Crippen LogP contribution in [0.2, 0.25) is 0 Å². The van der Waals surface area contributed by atoms with E-state index in [1.807, 2.05) is 68.6 Å². The molecule has 0 saturated carbocycles. The van der Waals surface area contributed by atoms with Gasteiger partial charge in [0, 0.05) is 84.9 Å². The van der Waals surface area contributed by atoms with Gasteiger partial charge in [0.1, 0.15) is 13.2 Å². The van der Waals surface area contributed by atoms with E-state index in [9.17, 15) is 19.2 Å². The van der Waals surface area contributed by atoms with E-state index in [1.54, 1.807) is 40.0 Å². The van der Waals surface area contributed by atoms with E-state index in [0.717, 1.165) is 47.9 Å². The monoisotopic (exact) mass is 1060 g/mol. The Bertz CT molecular complexity index is 2850. The molecule has 0 spiro atoms. The third-order valence-electron chi connectivity index (χ3n) is 13.4. The molecule has 1 unspecified atom stereocenters. The van der Waals surface area contributed by atoms with Crippen LogP contribution in [0.3, 0.4) is 0 Å². The average Bonchev–Trinajstić information content (AvgIpc) is 3.92. The van der Waals surface area contributed by atoms with Gasteiger partial charge in [0.15, 0.2) is 29.3 Å². The number of anilines is 4. The summed E-state index contributed by atoms with van der Waals surface area (Å²) in [7, 11) is 8.18. The number of aldehydes is 1. The van der Waals surface area contributed by atoms with Crippen LogP contribution in [0.5, 0.6) is 23.0 Å². The summed E-state index contributed by atoms with van der Waals surface area (Å²) in [6, 6.07) is 29.0. The zero-order chi connectivity index (χ0) is 53.6. The Morgan fingerprint density at radius 1 is 0.827 bits per heavy atom. The average molecular weight is 1060 g/mol. The van der Waals surface area contributed by atoms with Gasteiger partial charge in [-0.15, -0.1) is 0 Å². The number of fused-ring (bicyclic) bond motifs is 5. The van der Waals surface area contributed by atoms with Crippen molar-refractivity contribution in [3.63, 3.8) is 0 Å². The van der Waals surface area contributed by atoms with Gasteiger partial charge in [-0.1, -0.05) is 92.1 Å². The van der Waals surface area contributed by atoms with Crippen molar-refractivity contribution in [2.75, 3.05) is 54.0 Å². The Morgan fingerprint density at radius 2 is 1.45 bits per heavy atom. The summed E-state index contributed by atoms with van der Waals surface area (Å²) < 4.78 is 23.7. The van der Waals surface area contributed by atoms with Crippen LogP contribution in [0.4, 0.5) is 28.4 Å². The molecule has 5 aromatic carbocycles. The first kappa shape index (κ1) is 56.1. The summed E-state index contributed by atoms with van der Waals surface area (Å²) in [6.07, 6.45) is 8.36. The fourth-order valence-corrected chi connectivity index (χ4v) is 11.7. The third kappa shape index (κ3) is 13.8. The van der Waals surface area contributed by atoms with Crippen LogP contribution in [0.15, 0.2) is 96.0 Å². The summed E-state index contributed by atoms with van der Waals surface area (Å²) in [4.78, 5) is 61.8. The molecule has 3 heterocycles. The maximum atomic E-state index is 14.1. The molecule has 2 atom stereocenters. The highest BCUT2D eigenvalue weighted by Crippen LogP contribution is 2.42. The molecule has 0 bridgehead atoms. The Balaban J connectivity index is 0.00000267. The number of ether oxygens (including phenoxy) is 4. The minimum Gasteiger partial charge on any atom is -0.493 e. The summed E-state index contributed by atoms with van der Waals surface area (Å²) in [5.74, 6) is 1.99. The lowest BCUT2D eigenvalue weighted by Gasteiger charge is -2.24. The quantitative estimate of drug-likeness (QED) is 0.0323. The lowest BCUT2D eigenvalue weighted by molar-refractivity contribution is -0.122. The topological polar surface area (TPSA) is 160 Å². The number of para-hydroxylation sites is 2. The molecule has 75 heavy (non-hydrogen) atoms. The molecular formula is C59H72N6O8S2. The molecule has 14 nitrogen and oxygen atoms in total. The van der Waals surface area contributed by atoms with Crippen molar-refractivity contribution in [1.29, 1.82) is 0 Å². The van der Waals surface area contributed by atoms with Gasteiger partial charge in [-0.25, -0.2) is 0 Å². The SMILES string of the molecule is CCC.CCC(CC)NC(=O)CCCSSC(C)(C)C(=O)Nc1cc(COc2cc3c(cc2OC)C(=O)N2c4ccccc4C[C@H]2C=N3)cc(COc2cc(NCC3Cc4ccccc4N3C)c(C=O)cc2OC)c1. The Labute approximate surface area is 450 Å². The fraction of sp³-hybridized carbons (Fsp3) is 0.407. The van der Waals surface area contributed by atoms with Crippen molar-refractivity contribution in [2.24, 2.45) is 4.99 Å².